The third-order valence-electron chi connectivity index (χ3n) is 7.57. The summed E-state index contributed by atoms with van der Waals surface area (Å²) in [5.74, 6) is -2.59. The van der Waals surface area contributed by atoms with E-state index in [9.17, 15) is 24.3 Å². The number of unbranched alkanes of at least 4 members (excludes halogenated alkanes) is 1. The molecule has 258 valence electrons. The van der Waals surface area contributed by atoms with Crippen LogP contribution in [0.3, 0.4) is 0 Å². The lowest BCUT2D eigenvalue weighted by Crippen LogP contribution is -2.42. The van der Waals surface area contributed by atoms with Crippen molar-refractivity contribution in [2.24, 2.45) is 0 Å². The summed E-state index contributed by atoms with van der Waals surface area (Å²) in [7, 11) is 0. The Morgan fingerprint density at radius 3 is 1.90 bits per heavy atom. The van der Waals surface area contributed by atoms with Gasteiger partial charge in [0.05, 0.1) is 0 Å². The SMILES string of the molecule is CC/C=C\C/C=C\C/C=C\C/C=C\C/C=C\CC=CCCC(=O)NCCCCC(NC(=O)C1=CC(=O)C(C)(c2ccccc2)O1)C(=O)O. The summed E-state index contributed by atoms with van der Waals surface area (Å²) in [6, 6.07) is 7.66. The second-order valence-electron chi connectivity index (χ2n) is 11.5. The summed E-state index contributed by atoms with van der Waals surface area (Å²) in [4.78, 5) is 49.2. The molecule has 1 heterocycles. The summed E-state index contributed by atoms with van der Waals surface area (Å²) < 4.78 is 5.70. The Balaban J connectivity index is 1.53. The molecule has 2 unspecified atom stereocenters. The smallest absolute Gasteiger partial charge is 0.326 e. The van der Waals surface area contributed by atoms with E-state index in [1.54, 1.807) is 31.2 Å². The topological polar surface area (TPSA) is 122 Å². The Hall–Kier alpha value is -4.72. The fourth-order valence-corrected chi connectivity index (χ4v) is 4.76. The highest BCUT2D eigenvalue weighted by Crippen LogP contribution is 2.34. The summed E-state index contributed by atoms with van der Waals surface area (Å²) in [5.41, 5.74) is -0.736. The first-order valence-corrected chi connectivity index (χ1v) is 17.0. The molecular formula is C40H52N2O6. The zero-order valence-electron chi connectivity index (χ0n) is 28.4. The first-order valence-electron chi connectivity index (χ1n) is 17.0. The Labute approximate surface area is 286 Å². The van der Waals surface area contributed by atoms with E-state index in [4.69, 9.17) is 4.74 Å². The molecule has 1 aliphatic rings. The number of hydrogen-bond donors (Lipinski definition) is 3. The highest BCUT2D eigenvalue weighted by Gasteiger charge is 2.44. The Kier molecular flexibility index (Phi) is 19.4. The number of carbonyl (C=O) groups is 4. The Bertz CT molecular complexity index is 1370. The summed E-state index contributed by atoms with van der Waals surface area (Å²) >= 11 is 0. The van der Waals surface area contributed by atoms with Gasteiger partial charge in [0, 0.05) is 24.6 Å². The molecule has 1 aliphatic heterocycles. The van der Waals surface area contributed by atoms with E-state index in [1.807, 2.05) is 18.2 Å². The van der Waals surface area contributed by atoms with E-state index >= 15 is 0 Å². The van der Waals surface area contributed by atoms with Gasteiger partial charge in [-0.05, 0) is 71.1 Å². The number of ether oxygens (including phenoxy) is 1. The zero-order valence-corrected chi connectivity index (χ0v) is 28.4. The molecule has 1 aromatic rings. The molecule has 0 bridgehead atoms. The summed E-state index contributed by atoms with van der Waals surface area (Å²) in [5, 5.41) is 14.9. The monoisotopic (exact) mass is 656 g/mol. The van der Waals surface area contributed by atoms with Gasteiger partial charge in [-0.25, -0.2) is 4.79 Å². The number of aliphatic carboxylic acids is 1. The maximum absolute atomic E-state index is 12.7. The van der Waals surface area contributed by atoms with Gasteiger partial charge in [0.25, 0.3) is 5.91 Å². The number of carbonyl (C=O) groups excluding carboxylic acids is 3. The molecule has 1 aromatic carbocycles. The van der Waals surface area contributed by atoms with Crippen molar-refractivity contribution in [2.45, 2.75) is 96.1 Å². The van der Waals surface area contributed by atoms with Gasteiger partial charge in [-0.1, -0.05) is 110 Å². The fraction of sp³-hybridized carbons (Fsp3) is 0.400. The largest absolute Gasteiger partial charge is 0.480 e. The van der Waals surface area contributed by atoms with Crippen LogP contribution in [0.1, 0.15) is 90.0 Å². The fourth-order valence-electron chi connectivity index (χ4n) is 4.76. The first-order chi connectivity index (χ1) is 23.3. The number of nitrogens with one attached hydrogen (secondary N) is 2. The molecule has 0 saturated heterocycles. The summed E-state index contributed by atoms with van der Waals surface area (Å²) in [6.45, 7) is 4.13. The van der Waals surface area contributed by atoms with Crippen LogP contribution < -0.4 is 10.6 Å². The minimum Gasteiger partial charge on any atom is -0.480 e. The van der Waals surface area contributed by atoms with E-state index < -0.39 is 23.5 Å². The van der Waals surface area contributed by atoms with Crippen LogP contribution in [0.25, 0.3) is 0 Å². The number of ketones is 1. The van der Waals surface area contributed by atoms with Crippen molar-refractivity contribution < 1.29 is 29.0 Å². The van der Waals surface area contributed by atoms with Crippen molar-refractivity contribution in [1.29, 1.82) is 0 Å². The molecule has 0 aliphatic carbocycles. The summed E-state index contributed by atoms with van der Waals surface area (Å²) in [6.07, 6.45) is 34.8. The van der Waals surface area contributed by atoms with Crippen molar-refractivity contribution in [3.05, 3.63) is 121 Å². The van der Waals surface area contributed by atoms with Crippen molar-refractivity contribution in [3.8, 4) is 0 Å². The van der Waals surface area contributed by atoms with E-state index in [-0.39, 0.29) is 23.9 Å². The van der Waals surface area contributed by atoms with Gasteiger partial charge in [-0.2, -0.15) is 0 Å². The molecule has 8 heteroatoms. The predicted octanol–water partition coefficient (Wildman–Crippen LogP) is 7.72. The number of benzene rings is 1. The van der Waals surface area contributed by atoms with E-state index in [1.165, 1.54) is 0 Å². The van der Waals surface area contributed by atoms with Crippen LogP contribution >= 0.6 is 0 Å². The van der Waals surface area contributed by atoms with Gasteiger partial charge in [-0.3, -0.25) is 14.4 Å². The van der Waals surface area contributed by atoms with Crippen LogP contribution in [-0.2, 0) is 29.5 Å². The molecule has 48 heavy (non-hydrogen) atoms. The molecule has 2 rings (SSSR count). The molecule has 0 fully saturated rings. The number of amides is 2. The van der Waals surface area contributed by atoms with E-state index in [2.05, 4.69) is 78.3 Å². The highest BCUT2D eigenvalue weighted by molar-refractivity contribution is 6.08. The average molecular weight is 657 g/mol. The molecule has 0 aromatic heterocycles. The van der Waals surface area contributed by atoms with Gasteiger partial charge in [0.1, 0.15) is 6.04 Å². The molecular weight excluding hydrogens is 604 g/mol. The minimum absolute atomic E-state index is 0.0610. The van der Waals surface area contributed by atoms with Gasteiger partial charge in [-0.15, -0.1) is 0 Å². The van der Waals surface area contributed by atoms with Crippen molar-refractivity contribution in [1.82, 2.24) is 10.6 Å². The molecule has 2 amide bonds. The first kappa shape index (κ1) is 39.5. The molecule has 0 saturated carbocycles. The number of hydrogen-bond acceptors (Lipinski definition) is 5. The van der Waals surface area contributed by atoms with Crippen LogP contribution in [0.4, 0.5) is 0 Å². The average Bonchev–Trinajstić information content (AvgIpc) is 3.40. The second-order valence-corrected chi connectivity index (χ2v) is 11.5. The Morgan fingerprint density at radius 1 is 0.812 bits per heavy atom. The predicted molar refractivity (Wildman–Crippen MR) is 192 cm³/mol. The number of carboxylic acids is 1. The normalized spacial score (nSPS) is 17.3. The lowest BCUT2D eigenvalue weighted by Gasteiger charge is -2.24. The minimum atomic E-state index is -1.34. The van der Waals surface area contributed by atoms with Crippen molar-refractivity contribution >= 4 is 23.6 Å². The van der Waals surface area contributed by atoms with Gasteiger partial charge < -0.3 is 20.5 Å². The standard InChI is InChI=1S/C40H52N2O6/c1-3-4-5-6-7-8-9-10-11-12-13-14-15-16-17-18-19-20-24-30-37(44)41-31-26-25-29-34(39(46)47)42-38(45)35-32-36(43)40(2,48-35)33-27-22-21-23-28-33/h4-5,7-8,10-11,13-14,16-17,19-23,27-28,32,34H,3,6,9,12,15,18,24-26,29-31H2,1-2H3,(H,41,44)(H,42,45)(H,46,47)/b5-4-,8-7-,11-10-,14-13-,17-16-,20-19?. The molecule has 0 spiro atoms. The lowest BCUT2D eigenvalue weighted by molar-refractivity contribution is -0.142. The van der Waals surface area contributed by atoms with Crippen LogP contribution in [-0.4, -0.2) is 41.3 Å². The maximum Gasteiger partial charge on any atom is 0.326 e. The van der Waals surface area contributed by atoms with Crippen LogP contribution in [0.15, 0.2) is 115 Å². The molecule has 0 radical (unpaired) electrons. The van der Waals surface area contributed by atoms with Crippen LogP contribution in [0, 0.1) is 0 Å². The van der Waals surface area contributed by atoms with Gasteiger partial charge in [0.2, 0.25) is 11.7 Å². The van der Waals surface area contributed by atoms with Crippen molar-refractivity contribution in [3.63, 3.8) is 0 Å². The third-order valence-corrected chi connectivity index (χ3v) is 7.57. The van der Waals surface area contributed by atoms with Gasteiger partial charge in [0.15, 0.2) is 11.4 Å². The van der Waals surface area contributed by atoms with E-state index in [0.717, 1.165) is 44.6 Å². The van der Waals surface area contributed by atoms with Gasteiger partial charge >= 0.3 is 5.97 Å². The van der Waals surface area contributed by atoms with Crippen molar-refractivity contribution in [2.75, 3.05) is 6.54 Å². The second kappa shape index (κ2) is 23.6. The highest BCUT2D eigenvalue weighted by atomic mass is 16.5. The zero-order chi connectivity index (χ0) is 34.9. The van der Waals surface area contributed by atoms with E-state index in [0.29, 0.717) is 37.8 Å². The molecule has 3 N–H and O–H groups in total. The molecule has 2 atom stereocenters. The number of rotatable bonds is 23. The molecule has 8 nitrogen and oxygen atoms in total. The quantitative estimate of drug-likeness (QED) is 0.0819. The van der Waals surface area contributed by atoms with Crippen LogP contribution in [0.2, 0.25) is 0 Å². The maximum atomic E-state index is 12.7. The number of carboxylic acid groups (broad SMARTS) is 1. The third kappa shape index (κ3) is 15.7. The van der Waals surface area contributed by atoms with Crippen LogP contribution in [0.5, 0.6) is 0 Å². The Morgan fingerprint density at radius 2 is 1.35 bits per heavy atom. The number of allylic oxidation sites excluding steroid dienone is 12. The lowest BCUT2D eigenvalue weighted by atomic mass is 9.92.